The van der Waals surface area contributed by atoms with Crippen LogP contribution in [0.5, 0.6) is 0 Å². The van der Waals surface area contributed by atoms with Crippen molar-refractivity contribution in [2.75, 3.05) is 0 Å². The minimum atomic E-state index is -0.322. The van der Waals surface area contributed by atoms with Gasteiger partial charge in [0.2, 0.25) is 0 Å². The van der Waals surface area contributed by atoms with E-state index in [1.54, 1.807) is 0 Å². The topological polar surface area (TPSA) is 0 Å². The number of benzene rings is 7. The normalized spacial score (nSPS) is 14.7. The largest absolute Gasteiger partial charge is 0.0725 e. The first-order chi connectivity index (χ1) is 20.7. The van der Waals surface area contributed by atoms with Crippen LogP contribution in [-0.4, -0.2) is 0 Å². The molecule has 0 N–H and O–H groups in total. The second-order valence-corrected chi connectivity index (χ2v) is 12.4. The van der Waals surface area contributed by atoms with E-state index < -0.39 is 0 Å². The van der Waals surface area contributed by atoms with Crippen LogP contribution in [0.2, 0.25) is 0 Å². The van der Waals surface area contributed by atoms with Crippen LogP contribution in [0.25, 0.3) is 54.6 Å². The second-order valence-electron chi connectivity index (χ2n) is 12.4. The van der Waals surface area contributed by atoms with Crippen molar-refractivity contribution in [3.05, 3.63) is 155 Å². The average molecular weight is 537 g/mol. The third kappa shape index (κ3) is 2.74. The predicted molar refractivity (Wildman–Crippen MR) is 179 cm³/mol. The van der Waals surface area contributed by atoms with Gasteiger partial charge in [0, 0.05) is 0 Å². The standard InChI is InChI=1S/C42H32/c1-4-25(2)27-17-12-18-30-31-23-24-37-41(40(31)33-19-11-13-26(3)38(33)39(27)30)32-16-7-10-22-36(32)42(37)34-20-8-5-14-28(34)29-15-6-9-21-35(29)42/h5-25H,4H2,1-3H3. The molecule has 0 heteroatoms. The minimum absolute atomic E-state index is 0.322. The molecule has 0 aromatic heterocycles. The first kappa shape index (κ1) is 24.0. The van der Waals surface area contributed by atoms with Crippen molar-refractivity contribution in [3.8, 4) is 22.3 Å². The lowest BCUT2D eigenvalue weighted by atomic mass is 9.70. The Morgan fingerprint density at radius 3 is 1.76 bits per heavy atom. The van der Waals surface area contributed by atoms with E-state index in [1.165, 1.54) is 88.0 Å². The Morgan fingerprint density at radius 1 is 0.500 bits per heavy atom. The van der Waals surface area contributed by atoms with E-state index in [1.807, 2.05) is 0 Å². The van der Waals surface area contributed by atoms with Crippen LogP contribution >= 0.6 is 0 Å². The Morgan fingerprint density at radius 2 is 1.07 bits per heavy atom. The molecular formula is C42H32. The van der Waals surface area contributed by atoms with Gasteiger partial charge >= 0.3 is 0 Å². The summed E-state index contributed by atoms with van der Waals surface area (Å²) in [5.41, 5.74) is 13.6. The highest BCUT2D eigenvalue weighted by atomic mass is 14.5. The van der Waals surface area contributed by atoms with Crippen LogP contribution in [0.4, 0.5) is 0 Å². The molecule has 200 valence electrons. The van der Waals surface area contributed by atoms with Crippen molar-refractivity contribution in [3.63, 3.8) is 0 Å². The van der Waals surface area contributed by atoms with Crippen LogP contribution in [0, 0.1) is 6.92 Å². The van der Waals surface area contributed by atoms with Crippen LogP contribution in [0.3, 0.4) is 0 Å². The van der Waals surface area contributed by atoms with Gasteiger partial charge in [0.15, 0.2) is 0 Å². The monoisotopic (exact) mass is 536 g/mol. The van der Waals surface area contributed by atoms with E-state index in [0.717, 1.165) is 6.42 Å². The minimum Gasteiger partial charge on any atom is -0.0648 e. The predicted octanol–water partition coefficient (Wildman–Crippen LogP) is 11.3. The Labute approximate surface area is 247 Å². The fourth-order valence-electron chi connectivity index (χ4n) is 8.60. The lowest BCUT2D eigenvalue weighted by molar-refractivity contribution is 0.740. The number of hydrogen-bond acceptors (Lipinski definition) is 0. The molecule has 0 amide bonds. The maximum Gasteiger partial charge on any atom is 0.0725 e. The van der Waals surface area contributed by atoms with Crippen molar-refractivity contribution < 1.29 is 0 Å². The zero-order valence-corrected chi connectivity index (χ0v) is 24.3. The third-order valence-electron chi connectivity index (χ3n) is 10.5. The molecule has 0 bridgehead atoms. The maximum absolute atomic E-state index is 2.47. The van der Waals surface area contributed by atoms with Crippen LogP contribution in [0.15, 0.2) is 121 Å². The highest BCUT2D eigenvalue weighted by Gasteiger charge is 2.51. The summed E-state index contributed by atoms with van der Waals surface area (Å²) >= 11 is 0. The molecule has 2 aliphatic rings. The second kappa shape index (κ2) is 8.43. The highest BCUT2D eigenvalue weighted by Crippen LogP contribution is 2.64. The van der Waals surface area contributed by atoms with Gasteiger partial charge in [0.05, 0.1) is 5.41 Å². The molecule has 0 nitrogen and oxygen atoms in total. The lowest BCUT2D eigenvalue weighted by Crippen LogP contribution is -2.25. The van der Waals surface area contributed by atoms with Crippen molar-refractivity contribution >= 4 is 32.3 Å². The van der Waals surface area contributed by atoms with E-state index >= 15 is 0 Å². The smallest absolute Gasteiger partial charge is 0.0648 e. The Hall–Kier alpha value is -4.68. The Balaban J connectivity index is 1.54. The zero-order valence-electron chi connectivity index (χ0n) is 24.3. The van der Waals surface area contributed by atoms with E-state index in [0.29, 0.717) is 5.92 Å². The quantitative estimate of drug-likeness (QED) is 0.193. The van der Waals surface area contributed by atoms with Gasteiger partial charge in [0.1, 0.15) is 0 Å². The van der Waals surface area contributed by atoms with Gasteiger partial charge in [-0.15, -0.1) is 0 Å². The number of fused-ring (bicyclic) bond motifs is 17. The van der Waals surface area contributed by atoms with Gasteiger partial charge in [-0.05, 0) is 107 Å². The fraction of sp³-hybridized carbons (Fsp3) is 0.143. The molecule has 0 saturated heterocycles. The van der Waals surface area contributed by atoms with Crippen LogP contribution < -0.4 is 0 Å². The highest BCUT2D eigenvalue weighted by molar-refractivity contribution is 6.31. The van der Waals surface area contributed by atoms with E-state index in [2.05, 4.69) is 142 Å². The van der Waals surface area contributed by atoms with Crippen molar-refractivity contribution in [1.82, 2.24) is 0 Å². The summed E-state index contributed by atoms with van der Waals surface area (Å²) in [4.78, 5) is 0. The summed E-state index contributed by atoms with van der Waals surface area (Å²) in [6.07, 6.45) is 1.13. The van der Waals surface area contributed by atoms with Gasteiger partial charge in [-0.25, -0.2) is 0 Å². The molecule has 9 rings (SSSR count). The molecule has 2 aliphatic carbocycles. The summed E-state index contributed by atoms with van der Waals surface area (Å²) in [5.74, 6) is 0.499. The molecule has 0 fully saturated rings. The van der Waals surface area contributed by atoms with Gasteiger partial charge in [0.25, 0.3) is 0 Å². The summed E-state index contributed by atoms with van der Waals surface area (Å²) in [5, 5.41) is 8.35. The summed E-state index contributed by atoms with van der Waals surface area (Å²) in [7, 11) is 0. The van der Waals surface area contributed by atoms with Gasteiger partial charge in [-0.1, -0.05) is 135 Å². The van der Waals surface area contributed by atoms with E-state index in [4.69, 9.17) is 0 Å². The zero-order chi connectivity index (χ0) is 28.2. The van der Waals surface area contributed by atoms with Crippen LogP contribution in [0.1, 0.15) is 59.6 Å². The Kier molecular flexibility index (Phi) is 4.81. The molecule has 0 saturated carbocycles. The maximum atomic E-state index is 2.47. The molecular weight excluding hydrogens is 504 g/mol. The molecule has 1 spiro atoms. The number of aryl methyl sites for hydroxylation is 1. The SMILES string of the molecule is CCC(C)c1cccc2c3ccc4c(c3c3cccc(C)c3c12)-c1ccccc1C41c2ccccc2-c2ccccc21. The van der Waals surface area contributed by atoms with Gasteiger partial charge in [-0.2, -0.15) is 0 Å². The first-order valence-electron chi connectivity index (χ1n) is 15.4. The third-order valence-corrected chi connectivity index (χ3v) is 10.5. The summed E-state index contributed by atoms with van der Waals surface area (Å²) < 4.78 is 0. The van der Waals surface area contributed by atoms with E-state index in [9.17, 15) is 0 Å². The number of hydrogen-bond donors (Lipinski definition) is 0. The van der Waals surface area contributed by atoms with Crippen molar-refractivity contribution in [1.29, 1.82) is 0 Å². The molecule has 0 aliphatic heterocycles. The molecule has 1 unspecified atom stereocenters. The molecule has 7 aromatic rings. The number of rotatable bonds is 2. The molecule has 42 heavy (non-hydrogen) atoms. The molecule has 0 radical (unpaired) electrons. The van der Waals surface area contributed by atoms with Crippen molar-refractivity contribution in [2.24, 2.45) is 0 Å². The van der Waals surface area contributed by atoms with Crippen molar-refractivity contribution in [2.45, 2.75) is 38.5 Å². The Bertz CT molecular complexity index is 2220. The van der Waals surface area contributed by atoms with Crippen LogP contribution in [-0.2, 0) is 5.41 Å². The first-order valence-corrected chi connectivity index (χ1v) is 15.4. The van der Waals surface area contributed by atoms with Gasteiger partial charge < -0.3 is 0 Å². The molecule has 7 aromatic carbocycles. The molecule has 0 heterocycles. The summed E-state index contributed by atoms with van der Waals surface area (Å²) in [6.45, 7) is 6.98. The van der Waals surface area contributed by atoms with E-state index in [-0.39, 0.29) is 5.41 Å². The average Bonchev–Trinajstić information content (AvgIpc) is 3.51. The fourth-order valence-corrected chi connectivity index (χ4v) is 8.60. The summed E-state index contributed by atoms with van der Waals surface area (Å²) in [6, 6.07) is 46.2. The molecule has 1 atom stereocenters. The lowest BCUT2D eigenvalue weighted by Gasteiger charge is -2.30. The van der Waals surface area contributed by atoms with Gasteiger partial charge in [-0.3, -0.25) is 0 Å².